The summed E-state index contributed by atoms with van der Waals surface area (Å²) in [4.78, 5) is 17.8. The Hall–Kier alpha value is -2.54. The number of hydrogen-bond acceptors (Lipinski definition) is 7. The average molecular weight is 753 g/mol. The molecule has 3 atom stereocenters. The summed E-state index contributed by atoms with van der Waals surface area (Å²) in [6.45, 7) is 5.44. The van der Waals surface area contributed by atoms with Crippen LogP contribution in [0.2, 0.25) is 10.0 Å². The number of amides is 2. The van der Waals surface area contributed by atoms with Crippen molar-refractivity contribution >= 4 is 59.7 Å². The Kier molecular flexibility index (Phi) is 12.6. The van der Waals surface area contributed by atoms with Crippen molar-refractivity contribution in [3.8, 4) is 11.4 Å². The molecule has 256 valence electrons. The zero-order chi connectivity index (χ0) is 34.4. The largest absolute Gasteiger partial charge is 0.609 e. The van der Waals surface area contributed by atoms with Gasteiger partial charge in [0, 0.05) is 52.4 Å². The van der Waals surface area contributed by atoms with E-state index in [2.05, 4.69) is 24.4 Å². The highest BCUT2D eigenvalue weighted by molar-refractivity contribution is 8.43. The van der Waals surface area contributed by atoms with E-state index in [1.807, 2.05) is 40.0 Å². The minimum Gasteiger partial charge on any atom is -0.609 e. The highest BCUT2D eigenvalue weighted by Gasteiger charge is 2.31. The first kappa shape index (κ1) is 36.7. The molecule has 0 bridgehead atoms. The molecular formula is C33H37Cl2FN5O4PS2. The third-order valence-electron chi connectivity index (χ3n) is 8.16. The Balaban J connectivity index is 1.29. The van der Waals surface area contributed by atoms with Crippen LogP contribution in [0, 0.1) is 5.82 Å². The van der Waals surface area contributed by atoms with Gasteiger partial charge in [-0.05, 0) is 66.4 Å². The van der Waals surface area contributed by atoms with E-state index in [4.69, 9.17) is 37.7 Å². The summed E-state index contributed by atoms with van der Waals surface area (Å²) in [6, 6.07) is 16.9. The lowest BCUT2D eigenvalue weighted by Crippen LogP contribution is -2.49. The summed E-state index contributed by atoms with van der Waals surface area (Å²) in [6.07, 6.45) is 3.74. The number of rotatable bonds is 13. The van der Waals surface area contributed by atoms with Gasteiger partial charge in [-0.25, -0.2) is 19.2 Å². The van der Waals surface area contributed by atoms with E-state index in [1.54, 1.807) is 38.5 Å². The van der Waals surface area contributed by atoms with Gasteiger partial charge in [0.2, 0.25) is 7.93 Å². The van der Waals surface area contributed by atoms with Crippen molar-refractivity contribution in [2.24, 2.45) is 0 Å². The molecule has 0 spiro atoms. The summed E-state index contributed by atoms with van der Waals surface area (Å²) in [7, 11) is 1.38. The third-order valence-corrected chi connectivity index (χ3v) is 12.6. The maximum atomic E-state index is 13.9. The van der Waals surface area contributed by atoms with Crippen LogP contribution in [0.3, 0.4) is 0 Å². The number of imidazole rings is 1. The Labute approximate surface area is 299 Å². The molecular weight excluding hydrogens is 715 g/mol. The van der Waals surface area contributed by atoms with E-state index in [0.29, 0.717) is 38.2 Å². The lowest BCUT2D eigenvalue weighted by molar-refractivity contribution is 0.0917. The maximum Gasteiger partial charge on any atom is 0.335 e. The molecule has 0 aliphatic carbocycles. The molecule has 15 heteroatoms. The zero-order valence-electron chi connectivity index (χ0n) is 26.9. The van der Waals surface area contributed by atoms with Gasteiger partial charge in [-0.2, -0.15) is 0 Å². The van der Waals surface area contributed by atoms with E-state index in [1.165, 1.54) is 23.9 Å². The molecule has 1 aliphatic rings. The van der Waals surface area contributed by atoms with Crippen LogP contribution in [0.1, 0.15) is 43.5 Å². The number of carbonyl (C=O) groups excluding carboxylic acids is 1. The number of methoxy groups -OCH3 is 2. The van der Waals surface area contributed by atoms with Crippen molar-refractivity contribution in [2.45, 2.75) is 54.0 Å². The summed E-state index contributed by atoms with van der Waals surface area (Å²) in [5.74, 6) is 0.709. The smallest absolute Gasteiger partial charge is 0.335 e. The fraction of sp³-hybridized carbons (Fsp3) is 0.333. The normalized spacial score (nSPS) is 16.0. The fourth-order valence-electron chi connectivity index (χ4n) is 5.47. The van der Waals surface area contributed by atoms with Crippen LogP contribution in [0.4, 0.5) is 9.18 Å². The molecule has 2 heterocycles. The summed E-state index contributed by atoms with van der Waals surface area (Å²) >= 11 is 14.5. The van der Waals surface area contributed by atoms with Crippen LogP contribution in [-0.2, 0) is 26.7 Å². The molecule has 48 heavy (non-hydrogen) atoms. The number of ether oxygens (including phenoxy) is 2. The van der Waals surface area contributed by atoms with Gasteiger partial charge in [-0.15, -0.1) is 0 Å². The Bertz CT molecular complexity index is 1730. The molecule has 9 nitrogen and oxygen atoms in total. The predicted octanol–water partition coefficient (Wildman–Crippen LogP) is 7.89. The highest BCUT2D eigenvalue weighted by atomic mass is 35.5. The lowest BCUT2D eigenvalue weighted by atomic mass is 9.81. The molecule has 1 aliphatic heterocycles. The molecule has 2 unspecified atom stereocenters. The highest BCUT2D eigenvalue weighted by Crippen LogP contribution is 2.40. The molecule has 2 N–H and O–H groups in total. The summed E-state index contributed by atoms with van der Waals surface area (Å²) < 4.78 is 39.7. The number of hydrazine groups is 1. The van der Waals surface area contributed by atoms with E-state index in [-0.39, 0.29) is 19.8 Å². The van der Waals surface area contributed by atoms with Crippen LogP contribution in [0.25, 0.3) is 5.69 Å². The number of nitrogens with one attached hydrogen (secondary N) is 2. The van der Waals surface area contributed by atoms with Crippen LogP contribution < -0.4 is 15.2 Å². The van der Waals surface area contributed by atoms with Gasteiger partial charge >= 0.3 is 6.03 Å². The number of aromatic nitrogens is 2. The molecule has 4 aromatic rings. The Morgan fingerprint density at radius 1 is 1.15 bits per heavy atom. The molecule has 1 fully saturated rings. The van der Waals surface area contributed by atoms with Gasteiger partial charge in [0.1, 0.15) is 11.6 Å². The van der Waals surface area contributed by atoms with Crippen molar-refractivity contribution in [1.82, 2.24) is 25.1 Å². The zero-order valence-corrected chi connectivity index (χ0v) is 31.0. The van der Waals surface area contributed by atoms with Crippen molar-refractivity contribution < 1.29 is 23.2 Å². The van der Waals surface area contributed by atoms with Crippen LogP contribution in [0.15, 0.2) is 76.9 Å². The second-order valence-electron chi connectivity index (χ2n) is 11.6. The molecule has 0 saturated carbocycles. The van der Waals surface area contributed by atoms with Crippen molar-refractivity contribution in [3.63, 3.8) is 0 Å². The fourth-order valence-corrected chi connectivity index (χ4v) is 9.12. The first-order valence-corrected chi connectivity index (χ1v) is 19.7. The molecule has 0 radical (unpaired) electrons. The Morgan fingerprint density at radius 2 is 1.92 bits per heavy atom. The van der Waals surface area contributed by atoms with Gasteiger partial charge in [-0.3, -0.25) is 15.1 Å². The number of nitrogens with zero attached hydrogens (tertiary/aromatic N) is 3. The van der Waals surface area contributed by atoms with Crippen molar-refractivity contribution in [1.29, 1.82) is 0 Å². The molecule has 3 aromatic carbocycles. The summed E-state index contributed by atoms with van der Waals surface area (Å²) in [5, 5.41) is 6.23. The SMILES string of the molecule is COC[C@H]1CCCN1NC(=O)NP[S+]([O-])c1ccc(CSc2ncc(C(C)(C)c3ccc(Cl)c(OC)c3)n2-c2ccc(F)cc2)c(Cl)c1. The topological polar surface area (TPSA) is 104 Å². The quantitative estimate of drug-likeness (QED) is 0.0814. The standard InChI is InChI=1S/C33H37Cl2FN5O4PS2/c1-33(2,22-8-14-27(34)29(16-22)45-4)30-18-37-32(41(30)24-11-9-23(36)10-12-24)47-20-21-7-13-26(17-28(21)35)48(43)46-39-31(42)38-40-15-5-6-25(40)19-44-3/h7-14,16-18,25,46H,5-6,15,19-20H2,1-4H3,(H2,38,39,42)/t25-,48?/m1/s1. The molecule has 5 rings (SSSR count). The first-order valence-electron chi connectivity index (χ1n) is 15.1. The van der Waals surface area contributed by atoms with Gasteiger partial charge in [0.25, 0.3) is 0 Å². The number of thioether (sulfide) groups is 1. The lowest BCUT2D eigenvalue weighted by Gasteiger charge is -2.28. The molecule has 1 aromatic heterocycles. The van der Waals surface area contributed by atoms with E-state index < -0.39 is 22.2 Å². The van der Waals surface area contributed by atoms with Crippen molar-refractivity contribution in [3.05, 3.63) is 99.5 Å². The maximum absolute atomic E-state index is 13.9. The van der Waals surface area contributed by atoms with Gasteiger partial charge < -0.3 is 14.0 Å². The van der Waals surface area contributed by atoms with Crippen LogP contribution in [-0.4, -0.2) is 58.6 Å². The van der Waals surface area contributed by atoms with Crippen LogP contribution in [0.5, 0.6) is 5.75 Å². The average Bonchev–Trinajstić information content (AvgIpc) is 3.71. The second-order valence-corrected chi connectivity index (χ2v) is 16.6. The van der Waals surface area contributed by atoms with Gasteiger partial charge in [0.15, 0.2) is 10.1 Å². The van der Waals surface area contributed by atoms with E-state index >= 15 is 0 Å². The number of halogens is 3. The summed E-state index contributed by atoms with van der Waals surface area (Å²) in [5.41, 5.74) is 5.73. The number of benzene rings is 3. The monoisotopic (exact) mass is 751 g/mol. The second kappa shape index (κ2) is 16.4. The third kappa shape index (κ3) is 8.60. The first-order chi connectivity index (χ1) is 23.0. The van der Waals surface area contributed by atoms with Gasteiger partial charge in [0.05, 0.1) is 36.7 Å². The van der Waals surface area contributed by atoms with Gasteiger partial charge in [-0.1, -0.05) is 60.9 Å². The van der Waals surface area contributed by atoms with Crippen LogP contribution >= 0.6 is 42.9 Å². The molecule has 1 saturated heterocycles. The number of hydrogen-bond donors (Lipinski definition) is 2. The minimum atomic E-state index is -1.48. The minimum absolute atomic E-state index is 0.123. The van der Waals surface area contributed by atoms with E-state index in [9.17, 15) is 13.7 Å². The number of urea groups is 1. The predicted molar refractivity (Wildman–Crippen MR) is 193 cm³/mol. The molecule has 2 amide bonds. The van der Waals surface area contributed by atoms with Crippen molar-refractivity contribution in [2.75, 3.05) is 27.4 Å². The number of carbonyl (C=O) groups is 1. The van der Waals surface area contributed by atoms with E-state index in [0.717, 1.165) is 41.9 Å². The Morgan fingerprint density at radius 3 is 2.62 bits per heavy atom.